The highest BCUT2D eigenvalue weighted by atomic mass is 16.5. The van der Waals surface area contributed by atoms with Crippen LogP contribution in [0.15, 0.2) is 0 Å². The Morgan fingerprint density at radius 1 is 1.53 bits per heavy atom. The quantitative estimate of drug-likeness (QED) is 0.791. The Bertz CT molecular complexity index is 322. The molecule has 2 amide bonds. The minimum absolute atomic E-state index is 0.0415. The molecule has 110 valence electrons. The molecule has 19 heavy (non-hydrogen) atoms. The van der Waals surface area contributed by atoms with Gasteiger partial charge in [-0.2, -0.15) is 0 Å². The molecule has 6 nitrogen and oxygen atoms in total. The van der Waals surface area contributed by atoms with E-state index in [-0.39, 0.29) is 24.6 Å². The Hall–Kier alpha value is -1.30. The molecule has 1 rings (SSSR count). The van der Waals surface area contributed by atoms with Crippen molar-refractivity contribution in [1.82, 2.24) is 10.2 Å². The summed E-state index contributed by atoms with van der Waals surface area (Å²) in [6.45, 7) is 5.23. The van der Waals surface area contributed by atoms with Crippen molar-refractivity contribution in [1.29, 1.82) is 0 Å². The predicted octanol–water partition coefficient (Wildman–Crippen LogP) is 1.31. The van der Waals surface area contributed by atoms with E-state index in [4.69, 9.17) is 9.84 Å². The van der Waals surface area contributed by atoms with Crippen molar-refractivity contribution in [2.75, 3.05) is 20.2 Å². The van der Waals surface area contributed by atoms with E-state index in [0.29, 0.717) is 25.4 Å². The number of ether oxygens (including phenoxy) is 1. The molecule has 0 aromatic carbocycles. The number of piperidine rings is 1. The number of rotatable bonds is 5. The van der Waals surface area contributed by atoms with Crippen LogP contribution < -0.4 is 5.32 Å². The number of hydrogen-bond acceptors (Lipinski definition) is 3. The SMILES string of the molecule is CCC(CC(=O)O)NC(=O)N1CCC(C)C(OC)C1. The summed E-state index contributed by atoms with van der Waals surface area (Å²) in [6, 6.07) is -0.507. The summed E-state index contributed by atoms with van der Waals surface area (Å²) < 4.78 is 5.36. The smallest absolute Gasteiger partial charge is 0.317 e. The van der Waals surface area contributed by atoms with Gasteiger partial charge in [-0.25, -0.2) is 4.79 Å². The lowest BCUT2D eigenvalue weighted by Crippen LogP contribution is -2.52. The van der Waals surface area contributed by atoms with Gasteiger partial charge in [0, 0.05) is 26.2 Å². The number of urea groups is 1. The third-order valence-corrected chi connectivity index (χ3v) is 3.72. The van der Waals surface area contributed by atoms with E-state index in [1.54, 1.807) is 12.0 Å². The van der Waals surface area contributed by atoms with Gasteiger partial charge in [-0.3, -0.25) is 4.79 Å². The van der Waals surface area contributed by atoms with Crippen molar-refractivity contribution in [3.63, 3.8) is 0 Å². The van der Waals surface area contributed by atoms with Crippen LogP contribution in [0.5, 0.6) is 0 Å². The Morgan fingerprint density at radius 3 is 2.74 bits per heavy atom. The van der Waals surface area contributed by atoms with Crippen LogP contribution in [0.3, 0.4) is 0 Å². The van der Waals surface area contributed by atoms with E-state index < -0.39 is 5.97 Å². The average Bonchev–Trinajstić information content (AvgIpc) is 2.37. The number of nitrogens with zero attached hydrogens (tertiary/aromatic N) is 1. The summed E-state index contributed by atoms with van der Waals surface area (Å²) in [5, 5.41) is 11.5. The van der Waals surface area contributed by atoms with Crippen molar-refractivity contribution in [3.8, 4) is 0 Å². The Labute approximate surface area is 114 Å². The molecule has 0 saturated carbocycles. The van der Waals surface area contributed by atoms with Crippen molar-refractivity contribution in [2.24, 2.45) is 5.92 Å². The van der Waals surface area contributed by atoms with Crippen LogP contribution in [0.2, 0.25) is 0 Å². The molecule has 0 aromatic heterocycles. The maximum absolute atomic E-state index is 12.1. The van der Waals surface area contributed by atoms with E-state index in [9.17, 15) is 9.59 Å². The zero-order chi connectivity index (χ0) is 14.4. The third kappa shape index (κ3) is 4.70. The van der Waals surface area contributed by atoms with Gasteiger partial charge in [0.1, 0.15) is 0 Å². The third-order valence-electron chi connectivity index (χ3n) is 3.72. The fourth-order valence-corrected chi connectivity index (χ4v) is 2.30. The number of carboxylic acid groups (broad SMARTS) is 1. The Balaban J connectivity index is 2.50. The van der Waals surface area contributed by atoms with Crippen LogP contribution in [0.4, 0.5) is 4.79 Å². The minimum Gasteiger partial charge on any atom is -0.481 e. The number of hydrogen-bond donors (Lipinski definition) is 2. The molecule has 0 spiro atoms. The van der Waals surface area contributed by atoms with Gasteiger partial charge in [-0.05, 0) is 18.8 Å². The number of aliphatic carboxylic acids is 1. The Kier molecular flexibility index (Phi) is 6.08. The fraction of sp³-hybridized carbons (Fsp3) is 0.846. The van der Waals surface area contributed by atoms with Gasteiger partial charge in [0.15, 0.2) is 0 Å². The molecule has 0 bridgehead atoms. The highest BCUT2D eigenvalue weighted by molar-refractivity contribution is 5.76. The van der Waals surface area contributed by atoms with Crippen molar-refractivity contribution >= 4 is 12.0 Å². The number of methoxy groups -OCH3 is 1. The summed E-state index contributed by atoms with van der Waals surface area (Å²) in [6.07, 6.45) is 1.52. The molecule has 3 atom stereocenters. The first-order valence-corrected chi connectivity index (χ1v) is 6.77. The number of amides is 2. The standard InChI is InChI=1S/C13H24N2O4/c1-4-10(7-12(16)17)14-13(18)15-6-5-9(2)11(8-15)19-3/h9-11H,4-8H2,1-3H3,(H,14,18)(H,16,17). The molecule has 0 aliphatic carbocycles. The van der Waals surface area contributed by atoms with E-state index >= 15 is 0 Å². The lowest BCUT2D eigenvalue weighted by molar-refractivity contribution is -0.137. The molecule has 2 N–H and O–H groups in total. The minimum atomic E-state index is -0.894. The van der Waals surface area contributed by atoms with Crippen LogP contribution in [-0.4, -0.2) is 54.4 Å². The first kappa shape index (κ1) is 15.8. The highest BCUT2D eigenvalue weighted by Crippen LogP contribution is 2.19. The average molecular weight is 272 g/mol. The first-order chi connectivity index (χ1) is 8.97. The normalized spacial score (nSPS) is 24.9. The van der Waals surface area contributed by atoms with Gasteiger partial charge >= 0.3 is 12.0 Å². The van der Waals surface area contributed by atoms with E-state index in [1.165, 1.54) is 0 Å². The maximum Gasteiger partial charge on any atom is 0.317 e. The van der Waals surface area contributed by atoms with E-state index in [1.807, 2.05) is 6.92 Å². The molecule has 0 radical (unpaired) electrons. The summed E-state index contributed by atoms with van der Waals surface area (Å²) in [5.41, 5.74) is 0. The number of nitrogens with one attached hydrogen (secondary N) is 1. The number of carboxylic acids is 1. The zero-order valence-corrected chi connectivity index (χ0v) is 11.9. The lowest BCUT2D eigenvalue weighted by Gasteiger charge is -2.36. The maximum atomic E-state index is 12.1. The molecule has 1 saturated heterocycles. The predicted molar refractivity (Wildman–Crippen MR) is 71.0 cm³/mol. The molecule has 1 fully saturated rings. The molecular formula is C13H24N2O4. The van der Waals surface area contributed by atoms with Crippen LogP contribution in [0, 0.1) is 5.92 Å². The topological polar surface area (TPSA) is 78.9 Å². The van der Waals surface area contributed by atoms with Gasteiger partial charge in [0.25, 0.3) is 0 Å². The zero-order valence-electron chi connectivity index (χ0n) is 11.9. The van der Waals surface area contributed by atoms with Crippen LogP contribution in [0.1, 0.15) is 33.1 Å². The monoisotopic (exact) mass is 272 g/mol. The summed E-state index contributed by atoms with van der Waals surface area (Å²) in [7, 11) is 1.65. The second-order valence-corrected chi connectivity index (χ2v) is 5.14. The summed E-state index contributed by atoms with van der Waals surface area (Å²) in [4.78, 5) is 24.5. The van der Waals surface area contributed by atoms with Crippen molar-refractivity contribution in [2.45, 2.75) is 45.3 Å². The van der Waals surface area contributed by atoms with E-state index in [0.717, 1.165) is 6.42 Å². The molecular weight excluding hydrogens is 248 g/mol. The van der Waals surface area contributed by atoms with Crippen LogP contribution in [0.25, 0.3) is 0 Å². The number of carbonyl (C=O) groups excluding carboxylic acids is 1. The van der Waals surface area contributed by atoms with Gasteiger partial charge in [0.2, 0.25) is 0 Å². The Morgan fingerprint density at radius 2 is 2.21 bits per heavy atom. The van der Waals surface area contributed by atoms with E-state index in [2.05, 4.69) is 12.2 Å². The molecule has 0 aromatic rings. The second kappa shape index (κ2) is 7.33. The largest absolute Gasteiger partial charge is 0.481 e. The first-order valence-electron chi connectivity index (χ1n) is 6.77. The summed E-state index contributed by atoms with van der Waals surface area (Å²) >= 11 is 0. The van der Waals surface area contributed by atoms with Crippen LogP contribution >= 0.6 is 0 Å². The van der Waals surface area contributed by atoms with Crippen LogP contribution in [-0.2, 0) is 9.53 Å². The fourth-order valence-electron chi connectivity index (χ4n) is 2.30. The van der Waals surface area contributed by atoms with Gasteiger partial charge in [-0.15, -0.1) is 0 Å². The number of carbonyl (C=O) groups is 2. The molecule has 1 heterocycles. The molecule has 1 aliphatic rings. The van der Waals surface area contributed by atoms with Crippen molar-refractivity contribution in [3.05, 3.63) is 0 Å². The molecule has 1 aliphatic heterocycles. The second-order valence-electron chi connectivity index (χ2n) is 5.14. The molecule has 6 heteroatoms. The summed E-state index contributed by atoms with van der Waals surface area (Å²) in [5.74, 6) is -0.454. The number of likely N-dealkylation sites (tertiary alicyclic amines) is 1. The highest BCUT2D eigenvalue weighted by Gasteiger charge is 2.29. The van der Waals surface area contributed by atoms with Gasteiger partial charge < -0.3 is 20.1 Å². The van der Waals surface area contributed by atoms with Gasteiger partial charge in [-0.1, -0.05) is 13.8 Å². The lowest BCUT2D eigenvalue weighted by atomic mass is 9.96. The molecule has 3 unspecified atom stereocenters. The van der Waals surface area contributed by atoms with Crippen molar-refractivity contribution < 1.29 is 19.4 Å². The van der Waals surface area contributed by atoms with Gasteiger partial charge in [0.05, 0.1) is 12.5 Å².